The van der Waals surface area contributed by atoms with E-state index in [2.05, 4.69) is 11.6 Å². The van der Waals surface area contributed by atoms with Gasteiger partial charge in [0.15, 0.2) is 12.2 Å². The van der Waals surface area contributed by atoms with Gasteiger partial charge in [-0.05, 0) is 31.2 Å². The molecule has 10 atom stereocenters. The van der Waals surface area contributed by atoms with E-state index in [-0.39, 0.29) is 16.7 Å². The van der Waals surface area contributed by atoms with Crippen LogP contribution in [0.3, 0.4) is 0 Å². The van der Waals surface area contributed by atoms with Gasteiger partial charge in [-0.1, -0.05) is 57.7 Å². The summed E-state index contributed by atoms with van der Waals surface area (Å²) in [5.41, 5.74) is -5.82. The summed E-state index contributed by atoms with van der Waals surface area (Å²) >= 11 is 0. The molecule has 2 N–H and O–H groups in total. The highest BCUT2D eigenvalue weighted by Crippen LogP contribution is 2.54. The van der Waals surface area contributed by atoms with Crippen molar-refractivity contribution in [3.63, 3.8) is 0 Å². The summed E-state index contributed by atoms with van der Waals surface area (Å²) in [7, 11) is 0. The number of nitrogens with zero attached hydrogens (tertiary/aromatic N) is 1. The van der Waals surface area contributed by atoms with Crippen LogP contribution in [0, 0.1) is 17.3 Å². The minimum Gasteiger partial charge on any atom is -0.459 e. The molecule has 56 heavy (non-hydrogen) atoms. The molecule has 0 radical (unpaired) electrons. The molecule has 0 saturated heterocycles. The summed E-state index contributed by atoms with van der Waals surface area (Å²) in [6.45, 7) is 14.7. The lowest BCUT2D eigenvalue weighted by molar-refractivity contribution is -0.193. The molecule has 0 bridgehead atoms. The van der Waals surface area contributed by atoms with Crippen molar-refractivity contribution in [2.75, 3.05) is 0 Å². The van der Waals surface area contributed by atoms with Crippen LogP contribution in [0.2, 0.25) is 0 Å². The first kappa shape index (κ1) is 43.3. The van der Waals surface area contributed by atoms with Crippen molar-refractivity contribution in [1.82, 2.24) is 4.98 Å². The number of rotatable bonds is 8. The number of carbonyl (C=O) groups is 6. The first-order chi connectivity index (χ1) is 26.1. The second kappa shape index (κ2) is 17.2. The highest BCUT2D eigenvalue weighted by molar-refractivity contribution is 5.90. The summed E-state index contributed by atoms with van der Waals surface area (Å²) < 4.78 is 35.3. The Morgan fingerprint density at radius 1 is 0.732 bits per heavy atom. The number of aliphatic hydroxyl groups is 2. The Labute approximate surface area is 325 Å². The molecule has 15 nitrogen and oxygen atoms in total. The van der Waals surface area contributed by atoms with Crippen LogP contribution in [0.25, 0.3) is 0 Å². The third-order valence-electron chi connectivity index (χ3n) is 9.98. The molecule has 4 rings (SSSR count). The number of esters is 6. The number of benzene rings is 1. The van der Waals surface area contributed by atoms with Crippen LogP contribution in [0.4, 0.5) is 0 Å². The first-order valence-corrected chi connectivity index (χ1v) is 18.0. The van der Waals surface area contributed by atoms with Gasteiger partial charge in [-0.15, -0.1) is 0 Å². The Balaban J connectivity index is 2.06. The summed E-state index contributed by atoms with van der Waals surface area (Å²) in [5, 5.41) is 25.4. The number of ether oxygens (including phenoxy) is 6. The van der Waals surface area contributed by atoms with E-state index in [4.69, 9.17) is 28.4 Å². The van der Waals surface area contributed by atoms with Gasteiger partial charge in [0.05, 0.1) is 17.0 Å². The minimum absolute atomic E-state index is 0.0402. The van der Waals surface area contributed by atoms with E-state index >= 15 is 0 Å². The van der Waals surface area contributed by atoms with Gasteiger partial charge in [0.25, 0.3) is 0 Å². The molecule has 1 aromatic carbocycles. The van der Waals surface area contributed by atoms with Gasteiger partial charge in [0, 0.05) is 63.4 Å². The normalized spacial score (nSPS) is 31.9. The van der Waals surface area contributed by atoms with Gasteiger partial charge >= 0.3 is 35.8 Å². The van der Waals surface area contributed by atoms with Crippen LogP contribution in [-0.4, -0.2) is 98.8 Å². The van der Waals surface area contributed by atoms with E-state index in [1.807, 2.05) is 0 Å². The number of aromatic nitrogens is 1. The second-order valence-corrected chi connectivity index (χ2v) is 15.1. The zero-order valence-electron chi connectivity index (χ0n) is 32.6. The van der Waals surface area contributed by atoms with Gasteiger partial charge in [0.2, 0.25) is 0 Å². The van der Waals surface area contributed by atoms with E-state index in [1.165, 1.54) is 43.6 Å². The number of carbonyl (C=O) groups excluding carboxylic acids is 6. The van der Waals surface area contributed by atoms with Crippen molar-refractivity contribution in [3.8, 4) is 0 Å². The maximum atomic E-state index is 13.8. The third kappa shape index (κ3) is 9.51. The van der Waals surface area contributed by atoms with Crippen LogP contribution in [-0.2, 0) is 47.6 Å². The number of hydrogen-bond acceptors (Lipinski definition) is 15. The largest absolute Gasteiger partial charge is 0.459 e. The molecule has 0 amide bonds. The number of aliphatic hydroxyl groups excluding tert-OH is 1. The molecule has 2 aliphatic carbocycles. The van der Waals surface area contributed by atoms with Gasteiger partial charge in [-0.3, -0.25) is 24.2 Å². The fraction of sp³-hybridized carbons (Fsp3) is 0.488. The molecule has 1 heterocycles. The molecule has 302 valence electrons. The number of fused-ring (bicyclic) bond motifs is 1. The van der Waals surface area contributed by atoms with Gasteiger partial charge in [-0.25, -0.2) is 9.59 Å². The second-order valence-electron chi connectivity index (χ2n) is 15.1. The number of hydrogen-bond donors (Lipinski definition) is 2. The van der Waals surface area contributed by atoms with Crippen molar-refractivity contribution < 1.29 is 67.4 Å². The Morgan fingerprint density at radius 2 is 1.29 bits per heavy atom. The highest BCUT2D eigenvalue weighted by Gasteiger charge is 2.70. The smallest absolute Gasteiger partial charge is 0.340 e. The lowest BCUT2D eigenvalue weighted by Crippen LogP contribution is -2.59. The SMILES string of the molecule is C=C1[C@H](OC(C)=O)[C@@H](O)[C@@H](OC(=O)c2cccnc2)C(C)(C)/C=C/[C@H](C)[C@H](OC(C)=O)[C@@]2(O)C[C@@](C)(OC(C)=O)[C@H](OC(=O)c3ccccc3)[C@@H]2[C@H]1OC(C)=O. The Kier molecular flexibility index (Phi) is 13.3. The Bertz CT molecular complexity index is 1840. The van der Waals surface area contributed by atoms with E-state index in [1.54, 1.807) is 51.1 Å². The summed E-state index contributed by atoms with van der Waals surface area (Å²) in [5.74, 6) is -7.97. The molecule has 2 aliphatic rings. The molecule has 1 fully saturated rings. The maximum Gasteiger partial charge on any atom is 0.340 e. The lowest BCUT2D eigenvalue weighted by Gasteiger charge is -2.45. The predicted molar refractivity (Wildman–Crippen MR) is 196 cm³/mol. The van der Waals surface area contributed by atoms with Gasteiger partial charge in [0.1, 0.15) is 35.6 Å². The van der Waals surface area contributed by atoms with Crippen LogP contribution in [0.1, 0.15) is 82.5 Å². The molecule has 2 aromatic rings. The monoisotopic (exact) mass is 779 g/mol. The molecular weight excluding hydrogens is 730 g/mol. The zero-order valence-corrected chi connectivity index (χ0v) is 32.6. The third-order valence-corrected chi connectivity index (χ3v) is 9.98. The molecule has 0 unspecified atom stereocenters. The quantitative estimate of drug-likeness (QED) is 0.221. The lowest BCUT2D eigenvalue weighted by atomic mass is 9.71. The zero-order chi connectivity index (χ0) is 41.7. The highest BCUT2D eigenvalue weighted by atomic mass is 16.6. The maximum absolute atomic E-state index is 13.8. The van der Waals surface area contributed by atoms with Crippen LogP contribution in [0.5, 0.6) is 0 Å². The summed E-state index contributed by atoms with van der Waals surface area (Å²) in [6, 6.07) is 10.7. The Hall–Kier alpha value is -5.41. The molecule has 15 heteroatoms. The molecular formula is C41H49NO14. The fourth-order valence-corrected chi connectivity index (χ4v) is 7.70. The van der Waals surface area contributed by atoms with E-state index < -0.39 is 107 Å². The summed E-state index contributed by atoms with van der Waals surface area (Å²) in [4.78, 5) is 82.7. The average molecular weight is 780 g/mol. The van der Waals surface area contributed by atoms with Crippen LogP contribution in [0.15, 0.2) is 79.2 Å². The van der Waals surface area contributed by atoms with Crippen molar-refractivity contribution in [3.05, 3.63) is 90.3 Å². The minimum atomic E-state index is -2.38. The number of pyridine rings is 1. The van der Waals surface area contributed by atoms with E-state index in [0.29, 0.717) is 0 Å². The van der Waals surface area contributed by atoms with Gasteiger partial charge in [-0.2, -0.15) is 0 Å². The van der Waals surface area contributed by atoms with Crippen molar-refractivity contribution >= 4 is 35.8 Å². The van der Waals surface area contributed by atoms with Gasteiger partial charge < -0.3 is 38.6 Å². The van der Waals surface area contributed by atoms with E-state index in [0.717, 1.165) is 27.7 Å². The molecule has 0 aliphatic heterocycles. The standard InChI is InChI=1S/C41H49NO14/c1-22-17-18-39(7,8)36(55-38(49)29-16-13-19-42-20-29)31(47)33(52-25(4)44)23(2)32(51-24(3)43)30-35(54-37(48)28-14-11-10-12-15-28)40(9,56-27(6)46)21-41(30,50)34(22)53-26(5)45/h10-20,22,30-36,47,50H,2,21H2,1,3-9H3/b18-17+/t22-,30-,31+,32-,33-,34-,35+,36+,40+,41+/m0/s1. The van der Waals surface area contributed by atoms with Crippen molar-refractivity contribution in [2.24, 2.45) is 17.3 Å². The molecule has 1 aromatic heterocycles. The Morgan fingerprint density at radius 3 is 1.84 bits per heavy atom. The van der Waals surface area contributed by atoms with Crippen molar-refractivity contribution in [1.29, 1.82) is 0 Å². The first-order valence-electron chi connectivity index (χ1n) is 18.0. The van der Waals surface area contributed by atoms with Crippen molar-refractivity contribution in [2.45, 2.75) is 110 Å². The summed E-state index contributed by atoms with van der Waals surface area (Å²) in [6.07, 6.45) is -5.06. The molecule has 1 saturated carbocycles. The topological polar surface area (TPSA) is 211 Å². The van der Waals surface area contributed by atoms with Crippen LogP contribution >= 0.6 is 0 Å². The van der Waals surface area contributed by atoms with Crippen LogP contribution < -0.4 is 0 Å². The fourth-order valence-electron chi connectivity index (χ4n) is 7.70. The average Bonchev–Trinajstić information content (AvgIpc) is 3.33. The van der Waals surface area contributed by atoms with E-state index in [9.17, 15) is 39.0 Å². The predicted octanol–water partition coefficient (Wildman–Crippen LogP) is 3.85. The molecule has 0 spiro atoms.